The second-order valence-electron chi connectivity index (χ2n) is 2.30. The van der Waals surface area contributed by atoms with Crippen LogP contribution in [0, 0.1) is 0 Å². The van der Waals surface area contributed by atoms with Crippen LogP contribution in [0.4, 0.5) is 26.3 Å². The Bertz CT molecular complexity index is 264. The van der Waals surface area contributed by atoms with Crippen LogP contribution in [0.25, 0.3) is 0 Å². The normalized spacial score (nSPS) is 13.4. The predicted molar refractivity (Wildman–Crippen MR) is 30.8 cm³/mol. The molecule has 1 nitrogen and oxygen atoms in total. The minimum atomic E-state index is -4.77. The molecular formula is C6H3F6N. The topological polar surface area (TPSA) is 15.8 Å². The molecule has 1 N–H and O–H groups in total. The van der Waals surface area contributed by atoms with E-state index in [4.69, 9.17) is 0 Å². The number of H-pyrrole nitrogens is 1. The highest BCUT2D eigenvalue weighted by molar-refractivity contribution is 5.21. The van der Waals surface area contributed by atoms with E-state index in [1.54, 1.807) is 0 Å². The van der Waals surface area contributed by atoms with Crippen LogP contribution in [0.1, 0.15) is 11.3 Å². The summed E-state index contributed by atoms with van der Waals surface area (Å²) in [4.78, 5) is 1.51. The fourth-order valence-corrected chi connectivity index (χ4v) is 0.722. The maximum Gasteiger partial charge on any atom is 0.431 e. The summed E-state index contributed by atoms with van der Waals surface area (Å²) in [7, 11) is 0. The van der Waals surface area contributed by atoms with E-state index in [0.29, 0.717) is 0 Å². The lowest BCUT2D eigenvalue weighted by molar-refractivity contribution is -0.142. The van der Waals surface area contributed by atoms with Crippen LogP contribution in [0.3, 0.4) is 0 Å². The summed E-state index contributed by atoms with van der Waals surface area (Å²) in [5, 5.41) is 0. The van der Waals surface area contributed by atoms with Crippen molar-refractivity contribution < 1.29 is 26.3 Å². The summed E-state index contributed by atoms with van der Waals surface area (Å²) in [5.41, 5.74) is -2.74. The molecule has 0 unspecified atom stereocenters. The average molecular weight is 203 g/mol. The smallest absolute Gasteiger partial charge is 0.357 e. The number of hydrogen-bond acceptors (Lipinski definition) is 0. The first-order valence-electron chi connectivity index (χ1n) is 3.04. The van der Waals surface area contributed by atoms with E-state index in [-0.39, 0.29) is 12.3 Å². The summed E-state index contributed by atoms with van der Waals surface area (Å²) in [6.45, 7) is 0. The SMILES string of the molecule is FC(F)(F)c1c[nH]c(C(F)(F)F)c1. The first kappa shape index (κ1) is 9.94. The fraction of sp³-hybridized carbons (Fsp3) is 0.333. The molecule has 0 fully saturated rings. The van der Waals surface area contributed by atoms with Crippen LogP contribution in [0.2, 0.25) is 0 Å². The Morgan fingerprint density at radius 3 is 1.69 bits per heavy atom. The molecule has 7 heteroatoms. The van der Waals surface area contributed by atoms with E-state index in [0.717, 1.165) is 0 Å². The van der Waals surface area contributed by atoms with Gasteiger partial charge in [0.1, 0.15) is 5.69 Å². The number of aromatic amines is 1. The highest BCUT2D eigenvalue weighted by Gasteiger charge is 2.37. The lowest BCUT2D eigenvalue weighted by Crippen LogP contribution is -2.05. The van der Waals surface area contributed by atoms with Gasteiger partial charge in [0.05, 0.1) is 5.56 Å². The highest BCUT2D eigenvalue weighted by Crippen LogP contribution is 2.34. The Morgan fingerprint density at radius 1 is 0.923 bits per heavy atom. The van der Waals surface area contributed by atoms with Crippen molar-refractivity contribution in [2.45, 2.75) is 12.4 Å². The van der Waals surface area contributed by atoms with Crippen LogP contribution < -0.4 is 0 Å². The largest absolute Gasteiger partial charge is 0.431 e. The van der Waals surface area contributed by atoms with Crippen molar-refractivity contribution >= 4 is 0 Å². The monoisotopic (exact) mass is 203 g/mol. The van der Waals surface area contributed by atoms with Gasteiger partial charge in [-0.3, -0.25) is 0 Å². The van der Waals surface area contributed by atoms with E-state index < -0.39 is 23.6 Å². The highest BCUT2D eigenvalue weighted by atomic mass is 19.4. The van der Waals surface area contributed by atoms with Gasteiger partial charge in [0.15, 0.2) is 0 Å². The Kier molecular flexibility index (Phi) is 2.05. The zero-order valence-corrected chi connectivity index (χ0v) is 5.92. The molecular weight excluding hydrogens is 200 g/mol. The molecule has 0 saturated carbocycles. The van der Waals surface area contributed by atoms with Gasteiger partial charge in [0.25, 0.3) is 0 Å². The third-order valence-electron chi connectivity index (χ3n) is 1.32. The van der Waals surface area contributed by atoms with E-state index in [1.807, 2.05) is 0 Å². The molecule has 0 aliphatic carbocycles. The van der Waals surface area contributed by atoms with Crippen LogP contribution in [0.5, 0.6) is 0 Å². The first-order valence-corrected chi connectivity index (χ1v) is 3.04. The van der Waals surface area contributed by atoms with Gasteiger partial charge < -0.3 is 4.98 Å². The van der Waals surface area contributed by atoms with Crippen molar-refractivity contribution in [1.29, 1.82) is 0 Å². The van der Waals surface area contributed by atoms with E-state index in [1.165, 1.54) is 4.98 Å². The maximum atomic E-state index is 11.8. The van der Waals surface area contributed by atoms with Crippen molar-refractivity contribution in [3.8, 4) is 0 Å². The van der Waals surface area contributed by atoms with E-state index in [2.05, 4.69) is 0 Å². The molecule has 1 heterocycles. The summed E-state index contributed by atoms with van der Waals surface area (Å²) in [6.07, 6.45) is -9.24. The van der Waals surface area contributed by atoms with Crippen molar-refractivity contribution in [2.75, 3.05) is 0 Å². The summed E-state index contributed by atoms with van der Waals surface area (Å²) < 4.78 is 70.8. The molecule has 74 valence electrons. The van der Waals surface area contributed by atoms with Gasteiger partial charge in [-0.2, -0.15) is 26.3 Å². The van der Waals surface area contributed by atoms with Gasteiger partial charge in [0.2, 0.25) is 0 Å². The molecule has 1 aromatic rings. The predicted octanol–water partition coefficient (Wildman–Crippen LogP) is 3.05. The third-order valence-corrected chi connectivity index (χ3v) is 1.32. The summed E-state index contributed by atoms with van der Waals surface area (Å²) in [5.74, 6) is 0. The number of halogens is 6. The molecule has 0 radical (unpaired) electrons. The quantitative estimate of drug-likeness (QED) is 0.623. The van der Waals surface area contributed by atoms with Crippen molar-refractivity contribution in [1.82, 2.24) is 4.98 Å². The van der Waals surface area contributed by atoms with Crippen LogP contribution >= 0.6 is 0 Å². The maximum absolute atomic E-state index is 11.8. The van der Waals surface area contributed by atoms with Gasteiger partial charge in [0, 0.05) is 6.20 Å². The second-order valence-corrected chi connectivity index (χ2v) is 2.30. The molecule has 0 aliphatic heterocycles. The van der Waals surface area contributed by atoms with Gasteiger partial charge in [-0.15, -0.1) is 0 Å². The Morgan fingerprint density at radius 2 is 1.46 bits per heavy atom. The molecule has 0 aromatic carbocycles. The molecule has 0 bridgehead atoms. The number of nitrogens with one attached hydrogen (secondary N) is 1. The molecule has 0 aliphatic rings. The second kappa shape index (κ2) is 2.68. The lowest BCUT2D eigenvalue weighted by Gasteiger charge is -2.02. The van der Waals surface area contributed by atoms with Crippen molar-refractivity contribution in [3.05, 3.63) is 23.5 Å². The van der Waals surface area contributed by atoms with Gasteiger partial charge in [-0.25, -0.2) is 0 Å². The average Bonchev–Trinajstić information content (AvgIpc) is 2.28. The summed E-state index contributed by atoms with van der Waals surface area (Å²) >= 11 is 0. The Labute approximate surface area is 68.4 Å². The number of rotatable bonds is 0. The molecule has 0 atom stereocenters. The van der Waals surface area contributed by atoms with Gasteiger partial charge in [-0.1, -0.05) is 0 Å². The van der Waals surface area contributed by atoms with Gasteiger partial charge >= 0.3 is 12.4 Å². The van der Waals surface area contributed by atoms with E-state index in [9.17, 15) is 26.3 Å². The zero-order valence-electron chi connectivity index (χ0n) is 5.92. The molecule has 0 spiro atoms. The number of aromatic nitrogens is 1. The van der Waals surface area contributed by atoms with Gasteiger partial charge in [-0.05, 0) is 6.07 Å². The van der Waals surface area contributed by atoms with Crippen LogP contribution in [0.15, 0.2) is 12.3 Å². The van der Waals surface area contributed by atoms with Crippen molar-refractivity contribution in [3.63, 3.8) is 0 Å². The Hall–Kier alpha value is -1.14. The lowest BCUT2D eigenvalue weighted by atomic mass is 10.3. The minimum absolute atomic E-state index is 0.0278. The van der Waals surface area contributed by atoms with Crippen molar-refractivity contribution in [2.24, 2.45) is 0 Å². The molecule has 0 amide bonds. The van der Waals surface area contributed by atoms with Crippen LogP contribution in [-0.4, -0.2) is 4.98 Å². The van der Waals surface area contributed by atoms with E-state index >= 15 is 0 Å². The number of alkyl halides is 6. The molecule has 1 rings (SSSR count). The zero-order chi connectivity index (χ0) is 10.3. The molecule has 1 aromatic heterocycles. The number of hydrogen-bond donors (Lipinski definition) is 1. The molecule has 0 saturated heterocycles. The summed E-state index contributed by atoms with van der Waals surface area (Å²) in [6, 6.07) is 0.0278. The fourth-order valence-electron chi connectivity index (χ4n) is 0.722. The third kappa shape index (κ3) is 2.16. The molecule has 13 heavy (non-hydrogen) atoms. The Balaban J connectivity index is 3.01. The first-order chi connectivity index (χ1) is 5.71. The minimum Gasteiger partial charge on any atom is -0.357 e. The van der Waals surface area contributed by atoms with Crippen LogP contribution in [-0.2, 0) is 12.4 Å². The standard InChI is InChI=1S/C6H3F6N/c7-5(8,9)3-1-4(13-2-3)6(10,11)12/h1-2,13H.